The highest BCUT2D eigenvalue weighted by molar-refractivity contribution is 5.71. The minimum Gasteiger partial charge on any atom is -0.481 e. The van der Waals surface area contributed by atoms with Crippen LogP contribution < -0.4 is 0 Å². The first-order chi connectivity index (χ1) is 9.85. The molecule has 1 N–H and O–H groups in total. The molecule has 0 radical (unpaired) electrons. The highest BCUT2D eigenvalue weighted by atomic mass is 16.4. The number of nitrogens with zero attached hydrogens (tertiary/aromatic N) is 2. The van der Waals surface area contributed by atoms with E-state index >= 15 is 0 Å². The first-order valence-corrected chi connectivity index (χ1v) is 7.53. The van der Waals surface area contributed by atoms with Gasteiger partial charge >= 0.3 is 5.97 Å². The van der Waals surface area contributed by atoms with Crippen LogP contribution in [-0.2, 0) is 11.3 Å². The van der Waals surface area contributed by atoms with Crippen molar-refractivity contribution < 1.29 is 9.90 Å². The summed E-state index contributed by atoms with van der Waals surface area (Å²) in [6.45, 7) is 8.79. The van der Waals surface area contributed by atoms with Crippen LogP contribution in [0.4, 0.5) is 0 Å². The molecule has 21 heavy (non-hydrogen) atoms. The molecule has 1 heterocycles. The lowest BCUT2D eigenvalue weighted by Gasteiger charge is -2.42. The van der Waals surface area contributed by atoms with E-state index in [1.165, 1.54) is 5.56 Å². The van der Waals surface area contributed by atoms with Gasteiger partial charge in [0.05, 0.1) is 5.92 Å². The van der Waals surface area contributed by atoms with E-state index in [1.807, 2.05) is 6.07 Å². The van der Waals surface area contributed by atoms with Crippen molar-refractivity contribution in [2.45, 2.75) is 20.4 Å². The zero-order valence-electron chi connectivity index (χ0n) is 13.2. The van der Waals surface area contributed by atoms with Crippen LogP contribution in [0.1, 0.15) is 19.4 Å². The van der Waals surface area contributed by atoms with Crippen molar-refractivity contribution in [3.63, 3.8) is 0 Å². The maximum absolute atomic E-state index is 10.8. The van der Waals surface area contributed by atoms with E-state index < -0.39 is 5.97 Å². The lowest BCUT2D eigenvalue weighted by Crippen LogP contribution is -2.54. The van der Waals surface area contributed by atoms with Crippen LogP contribution in [-0.4, -0.2) is 54.1 Å². The molecule has 1 saturated heterocycles. The lowest BCUT2D eigenvalue weighted by molar-refractivity contribution is -0.148. The average molecular weight is 290 g/mol. The zero-order chi connectivity index (χ0) is 15.5. The SMILES string of the molecule is CN(Cc1ccccc1)CC(C)(C)CN1CC(C(=O)O)C1. The van der Waals surface area contributed by atoms with Crippen molar-refractivity contribution in [3.05, 3.63) is 35.9 Å². The third-order valence-electron chi connectivity index (χ3n) is 3.95. The standard InChI is InChI=1S/C17H26N2O2/c1-17(2,13-19-10-15(11-19)16(20)21)12-18(3)9-14-7-5-4-6-8-14/h4-8,15H,9-13H2,1-3H3,(H,20,21). The summed E-state index contributed by atoms with van der Waals surface area (Å²) in [6.07, 6.45) is 0. The van der Waals surface area contributed by atoms with Crippen LogP contribution in [0.3, 0.4) is 0 Å². The van der Waals surface area contributed by atoms with E-state index in [0.717, 1.165) is 19.6 Å². The van der Waals surface area contributed by atoms with E-state index in [9.17, 15) is 4.79 Å². The summed E-state index contributed by atoms with van der Waals surface area (Å²) < 4.78 is 0. The molecule has 116 valence electrons. The van der Waals surface area contributed by atoms with Crippen molar-refractivity contribution in [1.82, 2.24) is 9.80 Å². The van der Waals surface area contributed by atoms with Crippen LogP contribution in [0, 0.1) is 11.3 Å². The third kappa shape index (κ3) is 4.83. The number of benzene rings is 1. The quantitative estimate of drug-likeness (QED) is 0.836. The molecule has 1 fully saturated rings. The fourth-order valence-electron chi connectivity index (χ4n) is 3.19. The molecule has 0 aromatic heterocycles. The van der Waals surface area contributed by atoms with Gasteiger partial charge in [-0.3, -0.25) is 4.79 Å². The van der Waals surface area contributed by atoms with E-state index in [1.54, 1.807) is 0 Å². The second kappa shape index (κ2) is 6.58. The first-order valence-electron chi connectivity index (χ1n) is 7.53. The predicted octanol–water partition coefficient (Wildman–Crippen LogP) is 2.16. The molecule has 1 aliphatic rings. The third-order valence-corrected chi connectivity index (χ3v) is 3.95. The van der Waals surface area contributed by atoms with Crippen LogP contribution in [0.25, 0.3) is 0 Å². The van der Waals surface area contributed by atoms with Gasteiger partial charge in [0.1, 0.15) is 0 Å². The van der Waals surface area contributed by atoms with Crippen molar-refractivity contribution in [1.29, 1.82) is 0 Å². The van der Waals surface area contributed by atoms with Crippen molar-refractivity contribution in [2.75, 3.05) is 33.2 Å². The van der Waals surface area contributed by atoms with Gasteiger partial charge in [-0.2, -0.15) is 0 Å². The minimum atomic E-state index is -0.662. The van der Waals surface area contributed by atoms with Crippen molar-refractivity contribution in [2.24, 2.45) is 11.3 Å². The molecule has 0 amide bonds. The number of hydrogen-bond donors (Lipinski definition) is 1. The Morgan fingerprint density at radius 1 is 1.33 bits per heavy atom. The van der Waals surface area contributed by atoms with E-state index in [4.69, 9.17) is 5.11 Å². The molecule has 4 heteroatoms. The Morgan fingerprint density at radius 3 is 2.52 bits per heavy atom. The number of rotatable bonds is 7. The fraction of sp³-hybridized carbons (Fsp3) is 0.588. The monoisotopic (exact) mass is 290 g/mol. The molecular weight excluding hydrogens is 264 g/mol. The smallest absolute Gasteiger partial charge is 0.309 e. The molecule has 1 aliphatic heterocycles. The Hall–Kier alpha value is -1.39. The largest absolute Gasteiger partial charge is 0.481 e. The molecule has 2 rings (SSSR count). The first kappa shape index (κ1) is 16.0. The summed E-state index contributed by atoms with van der Waals surface area (Å²) >= 11 is 0. The molecule has 1 aromatic carbocycles. The number of carbonyl (C=O) groups is 1. The van der Waals surface area contributed by atoms with Gasteiger partial charge in [0.15, 0.2) is 0 Å². The summed E-state index contributed by atoms with van der Waals surface area (Å²) in [5.41, 5.74) is 1.48. The molecular formula is C17H26N2O2. The van der Waals surface area contributed by atoms with Gasteiger partial charge in [0.25, 0.3) is 0 Å². The Morgan fingerprint density at radius 2 is 1.95 bits per heavy atom. The van der Waals surface area contributed by atoms with E-state index in [2.05, 4.69) is 55.0 Å². The molecule has 0 spiro atoms. The molecule has 0 unspecified atom stereocenters. The summed E-state index contributed by atoms with van der Waals surface area (Å²) in [5.74, 6) is -0.826. The average Bonchev–Trinajstić information content (AvgIpc) is 2.33. The topological polar surface area (TPSA) is 43.8 Å². The lowest BCUT2D eigenvalue weighted by atomic mass is 9.88. The highest BCUT2D eigenvalue weighted by Crippen LogP contribution is 2.24. The van der Waals surface area contributed by atoms with Gasteiger partial charge in [-0.1, -0.05) is 44.2 Å². The normalized spacial score (nSPS) is 17.0. The molecule has 4 nitrogen and oxygen atoms in total. The van der Waals surface area contributed by atoms with Gasteiger partial charge in [-0.15, -0.1) is 0 Å². The fourth-order valence-corrected chi connectivity index (χ4v) is 3.19. The molecule has 0 bridgehead atoms. The molecule has 0 saturated carbocycles. The number of carboxylic acids is 1. The van der Waals surface area contributed by atoms with Crippen LogP contribution in [0.15, 0.2) is 30.3 Å². The molecule has 0 aliphatic carbocycles. The van der Waals surface area contributed by atoms with Gasteiger partial charge in [-0.05, 0) is 18.0 Å². The molecule has 1 aromatic rings. The number of likely N-dealkylation sites (tertiary alicyclic amines) is 1. The van der Waals surface area contributed by atoms with Gasteiger partial charge in [0, 0.05) is 32.7 Å². The zero-order valence-corrected chi connectivity index (χ0v) is 13.2. The second-order valence-corrected chi connectivity index (χ2v) is 7.05. The second-order valence-electron chi connectivity index (χ2n) is 7.05. The predicted molar refractivity (Wildman–Crippen MR) is 84.1 cm³/mol. The highest BCUT2D eigenvalue weighted by Gasteiger charge is 2.35. The Labute approximate surface area is 127 Å². The van der Waals surface area contributed by atoms with Crippen LogP contribution in [0.2, 0.25) is 0 Å². The summed E-state index contributed by atoms with van der Waals surface area (Å²) in [4.78, 5) is 15.4. The molecule has 0 atom stereocenters. The van der Waals surface area contributed by atoms with Gasteiger partial charge in [0.2, 0.25) is 0 Å². The van der Waals surface area contributed by atoms with E-state index in [0.29, 0.717) is 13.1 Å². The number of carboxylic acid groups (broad SMARTS) is 1. The van der Waals surface area contributed by atoms with Crippen LogP contribution >= 0.6 is 0 Å². The Kier molecular flexibility index (Phi) is 5.01. The van der Waals surface area contributed by atoms with Gasteiger partial charge in [-0.25, -0.2) is 0 Å². The maximum Gasteiger partial charge on any atom is 0.309 e. The Balaban J connectivity index is 1.77. The number of hydrogen-bond acceptors (Lipinski definition) is 3. The Bertz CT molecular complexity index is 467. The summed E-state index contributed by atoms with van der Waals surface area (Å²) in [6, 6.07) is 10.5. The summed E-state index contributed by atoms with van der Waals surface area (Å²) in [5, 5.41) is 8.92. The van der Waals surface area contributed by atoms with Gasteiger partial charge < -0.3 is 14.9 Å². The number of aliphatic carboxylic acids is 1. The van der Waals surface area contributed by atoms with Crippen molar-refractivity contribution in [3.8, 4) is 0 Å². The summed E-state index contributed by atoms with van der Waals surface area (Å²) in [7, 11) is 2.14. The van der Waals surface area contributed by atoms with Crippen LogP contribution in [0.5, 0.6) is 0 Å². The van der Waals surface area contributed by atoms with E-state index in [-0.39, 0.29) is 11.3 Å². The maximum atomic E-state index is 10.8. The minimum absolute atomic E-state index is 0.160. The van der Waals surface area contributed by atoms with Crippen molar-refractivity contribution >= 4 is 5.97 Å².